The van der Waals surface area contributed by atoms with E-state index in [4.69, 9.17) is 9.15 Å². The molecule has 0 unspecified atom stereocenters. The number of oxazole rings is 1. The van der Waals surface area contributed by atoms with Gasteiger partial charge in [-0.15, -0.1) is 0 Å². The Balaban J connectivity index is 2.30. The fourth-order valence-electron chi connectivity index (χ4n) is 1.70. The number of aromatic nitrogens is 1. The van der Waals surface area contributed by atoms with E-state index in [-0.39, 0.29) is 5.60 Å². The largest absolute Gasteiger partial charge is 0.446 e. The molecule has 1 heterocycles. The third-order valence-corrected chi connectivity index (χ3v) is 2.92. The standard InChI is InChI=1S/C14H26N2O2/c1-5-8-15-9-6-7-13-16-11-12(18-13)10-14(2,3)17-4/h11,15H,5-10H2,1-4H3. The maximum Gasteiger partial charge on any atom is 0.194 e. The Morgan fingerprint density at radius 1 is 1.39 bits per heavy atom. The molecule has 0 aliphatic rings. The molecule has 0 atom stereocenters. The molecule has 1 N–H and O–H groups in total. The molecule has 104 valence electrons. The van der Waals surface area contributed by atoms with Crippen LogP contribution in [0.15, 0.2) is 10.6 Å². The first-order chi connectivity index (χ1) is 8.57. The van der Waals surface area contributed by atoms with Crippen LogP contribution in [0.2, 0.25) is 0 Å². The number of aryl methyl sites for hydroxylation is 1. The van der Waals surface area contributed by atoms with Crippen LogP contribution in [-0.2, 0) is 17.6 Å². The van der Waals surface area contributed by atoms with Gasteiger partial charge in [0, 0.05) is 20.0 Å². The highest BCUT2D eigenvalue weighted by molar-refractivity contribution is 4.98. The molecule has 1 rings (SSSR count). The lowest BCUT2D eigenvalue weighted by Gasteiger charge is -2.20. The Morgan fingerprint density at radius 2 is 2.17 bits per heavy atom. The summed E-state index contributed by atoms with van der Waals surface area (Å²) in [5, 5.41) is 3.37. The molecule has 0 bridgehead atoms. The fourth-order valence-corrected chi connectivity index (χ4v) is 1.70. The average molecular weight is 254 g/mol. The van der Waals surface area contributed by atoms with Gasteiger partial charge in [-0.05, 0) is 39.8 Å². The van der Waals surface area contributed by atoms with Gasteiger partial charge in [0.05, 0.1) is 11.8 Å². The summed E-state index contributed by atoms with van der Waals surface area (Å²) >= 11 is 0. The third-order valence-electron chi connectivity index (χ3n) is 2.92. The molecular formula is C14H26N2O2. The summed E-state index contributed by atoms with van der Waals surface area (Å²) in [6, 6.07) is 0. The maximum atomic E-state index is 5.71. The zero-order valence-electron chi connectivity index (χ0n) is 12.1. The van der Waals surface area contributed by atoms with Crippen LogP contribution in [0.1, 0.15) is 45.3 Å². The summed E-state index contributed by atoms with van der Waals surface area (Å²) in [7, 11) is 1.72. The van der Waals surface area contributed by atoms with Crippen LogP contribution in [0.4, 0.5) is 0 Å². The van der Waals surface area contributed by atoms with Crippen LogP contribution >= 0.6 is 0 Å². The molecule has 0 spiro atoms. The second kappa shape index (κ2) is 7.54. The molecule has 1 aromatic heterocycles. The zero-order chi connectivity index (χ0) is 13.4. The van der Waals surface area contributed by atoms with E-state index >= 15 is 0 Å². The van der Waals surface area contributed by atoms with Crippen molar-refractivity contribution in [2.45, 2.75) is 52.1 Å². The van der Waals surface area contributed by atoms with Crippen molar-refractivity contribution in [3.63, 3.8) is 0 Å². The predicted octanol–water partition coefficient (Wildman–Crippen LogP) is 2.57. The third kappa shape index (κ3) is 5.65. The number of ether oxygens (including phenoxy) is 1. The van der Waals surface area contributed by atoms with E-state index in [1.165, 1.54) is 6.42 Å². The Morgan fingerprint density at radius 3 is 2.83 bits per heavy atom. The monoisotopic (exact) mass is 254 g/mol. The lowest BCUT2D eigenvalue weighted by Crippen LogP contribution is -2.25. The van der Waals surface area contributed by atoms with Crippen LogP contribution in [0.5, 0.6) is 0 Å². The molecule has 0 aliphatic carbocycles. The lowest BCUT2D eigenvalue weighted by atomic mass is 10.0. The van der Waals surface area contributed by atoms with Gasteiger partial charge in [0.1, 0.15) is 5.76 Å². The van der Waals surface area contributed by atoms with Crippen molar-refractivity contribution in [2.24, 2.45) is 0 Å². The van der Waals surface area contributed by atoms with E-state index in [1.54, 1.807) is 7.11 Å². The minimum absolute atomic E-state index is 0.195. The summed E-state index contributed by atoms with van der Waals surface area (Å²) in [4.78, 5) is 4.30. The highest BCUT2D eigenvalue weighted by atomic mass is 16.5. The van der Waals surface area contributed by atoms with Crippen LogP contribution in [0.3, 0.4) is 0 Å². The lowest BCUT2D eigenvalue weighted by molar-refractivity contribution is 0.0190. The smallest absolute Gasteiger partial charge is 0.194 e. The van der Waals surface area contributed by atoms with Crippen molar-refractivity contribution in [3.8, 4) is 0 Å². The van der Waals surface area contributed by atoms with Crippen molar-refractivity contribution in [3.05, 3.63) is 17.8 Å². The molecule has 4 nitrogen and oxygen atoms in total. The predicted molar refractivity (Wildman–Crippen MR) is 72.8 cm³/mol. The van der Waals surface area contributed by atoms with E-state index in [0.29, 0.717) is 0 Å². The van der Waals surface area contributed by atoms with Gasteiger partial charge in [0.25, 0.3) is 0 Å². The van der Waals surface area contributed by atoms with E-state index in [1.807, 2.05) is 20.0 Å². The summed E-state index contributed by atoms with van der Waals surface area (Å²) in [5.41, 5.74) is -0.195. The van der Waals surface area contributed by atoms with E-state index in [0.717, 1.165) is 44.0 Å². The van der Waals surface area contributed by atoms with Crippen LogP contribution in [0.25, 0.3) is 0 Å². The van der Waals surface area contributed by atoms with Crippen molar-refractivity contribution in [1.29, 1.82) is 0 Å². The van der Waals surface area contributed by atoms with Gasteiger partial charge in [-0.3, -0.25) is 0 Å². The quantitative estimate of drug-likeness (QED) is 0.688. The molecule has 0 aliphatic heterocycles. The van der Waals surface area contributed by atoms with Crippen molar-refractivity contribution >= 4 is 0 Å². The van der Waals surface area contributed by atoms with Gasteiger partial charge in [-0.2, -0.15) is 0 Å². The number of hydrogen-bond acceptors (Lipinski definition) is 4. The summed E-state index contributed by atoms with van der Waals surface area (Å²) in [5.74, 6) is 1.73. The van der Waals surface area contributed by atoms with Gasteiger partial charge >= 0.3 is 0 Å². The Bertz CT molecular complexity index is 334. The minimum atomic E-state index is -0.195. The first-order valence-corrected chi connectivity index (χ1v) is 6.77. The van der Waals surface area contributed by atoms with E-state index in [9.17, 15) is 0 Å². The molecule has 0 saturated heterocycles. The van der Waals surface area contributed by atoms with Crippen molar-refractivity contribution < 1.29 is 9.15 Å². The van der Waals surface area contributed by atoms with Gasteiger partial charge in [0.15, 0.2) is 5.89 Å². The van der Waals surface area contributed by atoms with Gasteiger partial charge < -0.3 is 14.5 Å². The zero-order valence-corrected chi connectivity index (χ0v) is 12.1. The maximum absolute atomic E-state index is 5.71. The summed E-state index contributed by atoms with van der Waals surface area (Å²) in [6.45, 7) is 8.37. The molecular weight excluding hydrogens is 228 g/mol. The highest BCUT2D eigenvalue weighted by Gasteiger charge is 2.19. The molecule has 1 aromatic rings. The second-order valence-electron chi connectivity index (χ2n) is 5.21. The van der Waals surface area contributed by atoms with Crippen LogP contribution < -0.4 is 5.32 Å². The SMILES string of the molecule is CCCNCCCc1ncc(CC(C)(C)OC)o1. The number of nitrogens with one attached hydrogen (secondary N) is 1. The molecule has 0 fully saturated rings. The van der Waals surface area contributed by atoms with Crippen LogP contribution in [-0.4, -0.2) is 30.8 Å². The highest BCUT2D eigenvalue weighted by Crippen LogP contribution is 2.17. The van der Waals surface area contributed by atoms with E-state index < -0.39 is 0 Å². The molecule has 0 amide bonds. The molecule has 0 radical (unpaired) electrons. The minimum Gasteiger partial charge on any atom is -0.446 e. The summed E-state index contributed by atoms with van der Waals surface area (Å²) < 4.78 is 11.1. The second-order valence-corrected chi connectivity index (χ2v) is 5.21. The first-order valence-electron chi connectivity index (χ1n) is 6.77. The molecule has 18 heavy (non-hydrogen) atoms. The fraction of sp³-hybridized carbons (Fsp3) is 0.786. The van der Waals surface area contributed by atoms with Crippen LogP contribution in [0, 0.1) is 0 Å². The number of hydrogen-bond donors (Lipinski definition) is 1. The number of rotatable bonds is 9. The topological polar surface area (TPSA) is 47.3 Å². The Hall–Kier alpha value is -0.870. The van der Waals surface area contributed by atoms with Gasteiger partial charge in [-0.1, -0.05) is 6.92 Å². The first kappa shape index (κ1) is 15.2. The summed E-state index contributed by atoms with van der Waals surface area (Å²) in [6.07, 6.45) is 5.70. The average Bonchev–Trinajstić information content (AvgIpc) is 2.76. The number of methoxy groups -OCH3 is 1. The molecule has 0 aromatic carbocycles. The number of nitrogens with zero attached hydrogens (tertiary/aromatic N) is 1. The van der Waals surface area contributed by atoms with Crippen molar-refractivity contribution in [1.82, 2.24) is 10.3 Å². The van der Waals surface area contributed by atoms with Gasteiger partial charge in [0.2, 0.25) is 0 Å². The Kier molecular flexibility index (Phi) is 6.36. The Labute approximate surface area is 110 Å². The molecule has 0 saturated carbocycles. The van der Waals surface area contributed by atoms with Gasteiger partial charge in [-0.25, -0.2) is 4.98 Å². The normalized spacial score (nSPS) is 12.0. The van der Waals surface area contributed by atoms with E-state index in [2.05, 4.69) is 17.2 Å². The van der Waals surface area contributed by atoms with Crippen molar-refractivity contribution in [2.75, 3.05) is 20.2 Å². The molecule has 4 heteroatoms.